The molecule has 0 saturated carbocycles. The lowest BCUT2D eigenvalue weighted by molar-refractivity contribution is 0.0947. The van der Waals surface area contributed by atoms with Crippen molar-refractivity contribution in [2.24, 2.45) is 0 Å². The van der Waals surface area contributed by atoms with Gasteiger partial charge in [-0.1, -0.05) is 13.0 Å². The monoisotopic (exact) mass is 259 g/mol. The molecule has 1 amide bonds. The first-order chi connectivity index (χ1) is 9.29. The van der Waals surface area contributed by atoms with Crippen LogP contribution in [0.3, 0.4) is 0 Å². The maximum atomic E-state index is 12.0. The van der Waals surface area contributed by atoms with Crippen molar-refractivity contribution in [2.75, 3.05) is 6.61 Å². The Morgan fingerprint density at radius 1 is 1.32 bits per heavy atom. The van der Waals surface area contributed by atoms with Gasteiger partial charge in [-0.15, -0.1) is 0 Å². The van der Waals surface area contributed by atoms with Crippen LogP contribution in [0.5, 0.6) is 5.75 Å². The predicted octanol–water partition coefficient (Wildman–Crippen LogP) is 3.00. The van der Waals surface area contributed by atoms with Gasteiger partial charge >= 0.3 is 0 Å². The van der Waals surface area contributed by atoms with Crippen LogP contribution in [0.2, 0.25) is 0 Å². The standard InChI is InChI=1S/C15H17NO3/c1-2-8-18-13-6-3-5-12(10-13)15(17)16-11-14-7-4-9-19-14/h3-7,9-10H,2,8,11H2,1H3,(H,16,17). The van der Waals surface area contributed by atoms with Crippen molar-refractivity contribution in [1.82, 2.24) is 5.32 Å². The van der Waals surface area contributed by atoms with E-state index in [1.807, 2.05) is 25.1 Å². The summed E-state index contributed by atoms with van der Waals surface area (Å²) in [5, 5.41) is 2.80. The molecule has 1 aromatic heterocycles. The molecule has 4 heteroatoms. The molecule has 100 valence electrons. The van der Waals surface area contributed by atoms with E-state index in [4.69, 9.17) is 9.15 Å². The van der Waals surface area contributed by atoms with Crippen molar-refractivity contribution in [3.05, 3.63) is 54.0 Å². The minimum atomic E-state index is -0.140. The third-order valence-corrected chi connectivity index (χ3v) is 2.57. The second-order valence-corrected chi connectivity index (χ2v) is 4.14. The first-order valence-electron chi connectivity index (χ1n) is 6.33. The van der Waals surface area contributed by atoms with Gasteiger partial charge in [-0.2, -0.15) is 0 Å². The molecule has 0 saturated heterocycles. The number of carbonyl (C=O) groups is 1. The number of nitrogens with one attached hydrogen (secondary N) is 1. The highest BCUT2D eigenvalue weighted by atomic mass is 16.5. The SMILES string of the molecule is CCCOc1cccc(C(=O)NCc2ccco2)c1. The molecule has 1 N–H and O–H groups in total. The van der Waals surface area contributed by atoms with Crippen molar-refractivity contribution in [1.29, 1.82) is 0 Å². The molecule has 0 aliphatic carbocycles. The van der Waals surface area contributed by atoms with Gasteiger partial charge < -0.3 is 14.5 Å². The van der Waals surface area contributed by atoms with E-state index in [0.717, 1.165) is 12.2 Å². The van der Waals surface area contributed by atoms with Gasteiger partial charge in [0.05, 0.1) is 19.4 Å². The number of rotatable bonds is 6. The van der Waals surface area contributed by atoms with E-state index in [9.17, 15) is 4.79 Å². The number of hydrogen-bond acceptors (Lipinski definition) is 3. The Labute approximate surface area is 112 Å². The zero-order valence-electron chi connectivity index (χ0n) is 10.9. The highest BCUT2D eigenvalue weighted by Crippen LogP contribution is 2.13. The number of ether oxygens (including phenoxy) is 1. The molecule has 0 spiro atoms. The Hall–Kier alpha value is -2.23. The summed E-state index contributed by atoms with van der Waals surface area (Å²) in [5.41, 5.74) is 0.583. The summed E-state index contributed by atoms with van der Waals surface area (Å²) in [6.45, 7) is 3.07. The van der Waals surface area contributed by atoms with E-state index < -0.39 is 0 Å². The van der Waals surface area contributed by atoms with Crippen LogP contribution in [-0.2, 0) is 6.54 Å². The van der Waals surface area contributed by atoms with Crippen LogP contribution in [0.1, 0.15) is 29.5 Å². The van der Waals surface area contributed by atoms with Gasteiger partial charge in [0.2, 0.25) is 0 Å². The molecule has 1 heterocycles. The highest BCUT2D eigenvalue weighted by Gasteiger charge is 2.07. The van der Waals surface area contributed by atoms with E-state index in [-0.39, 0.29) is 5.91 Å². The van der Waals surface area contributed by atoms with Crippen LogP contribution >= 0.6 is 0 Å². The maximum Gasteiger partial charge on any atom is 0.251 e. The number of carbonyl (C=O) groups excluding carboxylic acids is 1. The molecular weight excluding hydrogens is 242 g/mol. The minimum Gasteiger partial charge on any atom is -0.494 e. The largest absolute Gasteiger partial charge is 0.494 e. The Kier molecular flexibility index (Phi) is 4.61. The summed E-state index contributed by atoms with van der Waals surface area (Å²) < 4.78 is 10.7. The molecule has 0 bridgehead atoms. The molecule has 19 heavy (non-hydrogen) atoms. The number of furan rings is 1. The van der Waals surface area contributed by atoms with Crippen molar-refractivity contribution < 1.29 is 13.9 Å². The van der Waals surface area contributed by atoms with E-state index in [1.165, 1.54) is 0 Å². The van der Waals surface area contributed by atoms with Crippen LogP contribution < -0.4 is 10.1 Å². The van der Waals surface area contributed by atoms with Crippen molar-refractivity contribution in [3.63, 3.8) is 0 Å². The van der Waals surface area contributed by atoms with Crippen LogP contribution in [0.15, 0.2) is 47.1 Å². The smallest absolute Gasteiger partial charge is 0.251 e. The van der Waals surface area contributed by atoms with E-state index in [0.29, 0.717) is 24.5 Å². The lowest BCUT2D eigenvalue weighted by atomic mass is 10.2. The number of benzene rings is 1. The molecule has 0 atom stereocenters. The van der Waals surface area contributed by atoms with Crippen molar-refractivity contribution in [3.8, 4) is 5.75 Å². The van der Waals surface area contributed by atoms with E-state index in [1.54, 1.807) is 24.5 Å². The Morgan fingerprint density at radius 2 is 2.21 bits per heavy atom. The highest BCUT2D eigenvalue weighted by molar-refractivity contribution is 5.94. The van der Waals surface area contributed by atoms with Crippen LogP contribution in [0, 0.1) is 0 Å². The second-order valence-electron chi connectivity index (χ2n) is 4.14. The number of hydrogen-bond donors (Lipinski definition) is 1. The lowest BCUT2D eigenvalue weighted by Gasteiger charge is -2.07. The van der Waals surface area contributed by atoms with E-state index >= 15 is 0 Å². The summed E-state index contributed by atoms with van der Waals surface area (Å²) in [4.78, 5) is 12.0. The lowest BCUT2D eigenvalue weighted by Crippen LogP contribution is -2.22. The first-order valence-corrected chi connectivity index (χ1v) is 6.33. The van der Waals surface area contributed by atoms with Crippen molar-refractivity contribution >= 4 is 5.91 Å². The number of amides is 1. The molecule has 0 aliphatic heterocycles. The summed E-state index contributed by atoms with van der Waals surface area (Å²) in [5.74, 6) is 1.30. The van der Waals surface area contributed by atoms with Gasteiger partial charge in [-0.05, 0) is 36.8 Å². The van der Waals surface area contributed by atoms with Crippen LogP contribution in [0.25, 0.3) is 0 Å². The van der Waals surface area contributed by atoms with Crippen LogP contribution in [0.4, 0.5) is 0 Å². The van der Waals surface area contributed by atoms with Crippen LogP contribution in [-0.4, -0.2) is 12.5 Å². The van der Waals surface area contributed by atoms with Gasteiger partial charge in [0.15, 0.2) is 0 Å². The molecular formula is C15H17NO3. The zero-order chi connectivity index (χ0) is 13.5. The Bertz CT molecular complexity index is 520. The minimum absolute atomic E-state index is 0.140. The van der Waals surface area contributed by atoms with Gasteiger partial charge in [-0.25, -0.2) is 0 Å². The molecule has 0 aliphatic rings. The molecule has 2 aromatic rings. The third-order valence-electron chi connectivity index (χ3n) is 2.57. The second kappa shape index (κ2) is 6.64. The molecule has 0 fully saturated rings. The molecule has 4 nitrogen and oxygen atoms in total. The van der Waals surface area contributed by atoms with Gasteiger partial charge in [0.1, 0.15) is 11.5 Å². The van der Waals surface area contributed by atoms with Gasteiger partial charge in [0.25, 0.3) is 5.91 Å². The average Bonchev–Trinajstić information content (AvgIpc) is 2.96. The maximum absolute atomic E-state index is 12.0. The Morgan fingerprint density at radius 3 is 2.95 bits per heavy atom. The van der Waals surface area contributed by atoms with Crippen molar-refractivity contribution in [2.45, 2.75) is 19.9 Å². The summed E-state index contributed by atoms with van der Waals surface area (Å²) in [7, 11) is 0. The van der Waals surface area contributed by atoms with Gasteiger partial charge in [0, 0.05) is 5.56 Å². The fraction of sp³-hybridized carbons (Fsp3) is 0.267. The average molecular weight is 259 g/mol. The first kappa shape index (κ1) is 13.2. The normalized spacial score (nSPS) is 10.2. The summed E-state index contributed by atoms with van der Waals surface area (Å²) in [6, 6.07) is 10.8. The topological polar surface area (TPSA) is 51.5 Å². The quantitative estimate of drug-likeness (QED) is 0.867. The molecule has 0 radical (unpaired) electrons. The zero-order valence-corrected chi connectivity index (χ0v) is 10.9. The molecule has 1 aromatic carbocycles. The Balaban J connectivity index is 1.94. The molecule has 2 rings (SSSR count). The third kappa shape index (κ3) is 3.88. The fourth-order valence-electron chi connectivity index (χ4n) is 1.63. The van der Waals surface area contributed by atoms with E-state index in [2.05, 4.69) is 5.32 Å². The molecule has 0 unspecified atom stereocenters. The predicted molar refractivity (Wildman–Crippen MR) is 72.1 cm³/mol. The summed E-state index contributed by atoms with van der Waals surface area (Å²) in [6.07, 6.45) is 2.52. The summed E-state index contributed by atoms with van der Waals surface area (Å²) >= 11 is 0. The van der Waals surface area contributed by atoms with Gasteiger partial charge in [-0.3, -0.25) is 4.79 Å². The fourth-order valence-corrected chi connectivity index (χ4v) is 1.63.